The van der Waals surface area contributed by atoms with Gasteiger partial charge in [-0.1, -0.05) is 30.3 Å². The van der Waals surface area contributed by atoms with Gasteiger partial charge in [0.05, 0.1) is 18.3 Å². The van der Waals surface area contributed by atoms with E-state index in [1.165, 1.54) is 0 Å². The predicted octanol–water partition coefficient (Wildman–Crippen LogP) is 2.63. The summed E-state index contributed by atoms with van der Waals surface area (Å²) in [6.45, 7) is 3.45. The molecule has 21 heavy (non-hydrogen) atoms. The highest BCUT2D eigenvalue weighted by Crippen LogP contribution is 2.20. The third-order valence-electron chi connectivity index (χ3n) is 3.34. The van der Waals surface area contributed by atoms with Crippen molar-refractivity contribution in [1.29, 1.82) is 0 Å². The van der Waals surface area contributed by atoms with Crippen molar-refractivity contribution in [3.63, 3.8) is 0 Å². The Labute approximate surface area is 122 Å². The molecule has 0 aliphatic heterocycles. The van der Waals surface area contributed by atoms with Crippen LogP contribution >= 0.6 is 0 Å². The number of aryl methyl sites for hydroxylation is 1. The minimum absolute atomic E-state index is 0.585. The molecule has 0 amide bonds. The zero-order valence-electron chi connectivity index (χ0n) is 11.8. The number of aldehydes is 1. The van der Waals surface area contributed by atoms with Gasteiger partial charge in [0.2, 0.25) is 0 Å². The average Bonchev–Trinajstić information content (AvgIpc) is 3.14. The van der Waals surface area contributed by atoms with Crippen LogP contribution in [0.3, 0.4) is 0 Å². The van der Waals surface area contributed by atoms with Gasteiger partial charge in [-0.05, 0) is 12.5 Å². The molecule has 0 unspecified atom stereocenters. The number of rotatable bonds is 5. The van der Waals surface area contributed by atoms with E-state index in [-0.39, 0.29) is 0 Å². The van der Waals surface area contributed by atoms with Crippen LogP contribution in [0.4, 0.5) is 0 Å². The third-order valence-corrected chi connectivity index (χ3v) is 3.34. The van der Waals surface area contributed by atoms with Gasteiger partial charge in [-0.25, -0.2) is 0 Å². The predicted molar refractivity (Wildman–Crippen MR) is 80.1 cm³/mol. The Hall–Kier alpha value is -2.69. The standard InChI is InChI=1S/C16H16N4O/c1-2-19-10-14(8-17-19)16-15(12-21)11-20(18-16)9-13-6-4-3-5-7-13/h3-8,10-12H,2,9H2,1H3. The molecule has 5 heteroatoms. The van der Waals surface area contributed by atoms with Crippen LogP contribution in [-0.4, -0.2) is 25.8 Å². The van der Waals surface area contributed by atoms with E-state index in [2.05, 4.69) is 10.2 Å². The van der Waals surface area contributed by atoms with Crippen molar-refractivity contribution < 1.29 is 4.79 Å². The first-order valence-electron chi connectivity index (χ1n) is 6.89. The fraction of sp³-hybridized carbons (Fsp3) is 0.188. The normalized spacial score (nSPS) is 10.7. The number of aromatic nitrogens is 4. The molecule has 0 aliphatic rings. The highest BCUT2D eigenvalue weighted by molar-refractivity contribution is 5.85. The minimum Gasteiger partial charge on any atom is -0.298 e. The van der Waals surface area contributed by atoms with E-state index in [1.807, 2.05) is 48.1 Å². The van der Waals surface area contributed by atoms with Crippen molar-refractivity contribution in [2.45, 2.75) is 20.0 Å². The largest absolute Gasteiger partial charge is 0.298 e. The van der Waals surface area contributed by atoms with E-state index < -0.39 is 0 Å². The summed E-state index contributed by atoms with van der Waals surface area (Å²) in [5, 5.41) is 8.76. The number of hydrogen-bond donors (Lipinski definition) is 0. The maximum absolute atomic E-state index is 11.3. The van der Waals surface area contributed by atoms with Crippen LogP contribution in [0.25, 0.3) is 11.3 Å². The molecule has 0 saturated heterocycles. The summed E-state index contributed by atoms with van der Waals surface area (Å²) < 4.78 is 3.61. The van der Waals surface area contributed by atoms with Crippen LogP contribution in [0, 0.1) is 0 Å². The number of nitrogens with zero attached hydrogens (tertiary/aromatic N) is 4. The van der Waals surface area contributed by atoms with Crippen molar-refractivity contribution in [2.24, 2.45) is 0 Å². The second-order valence-electron chi connectivity index (χ2n) is 4.82. The molecule has 3 rings (SSSR count). The molecule has 0 bridgehead atoms. The maximum Gasteiger partial charge on any atom is 0.153 e. The van der Waals surface area contributed by atoms with Gasteiger partial charge in [-0.2, -0.15) is 10.2 Å². The van der Waals surface area contributed by atoms with E-state index in [9.17, 15) is 4.79 Å². The second kappa shape index (κ2) is 5.75. The Morgan fingerprint density at radius 3 is 2.62 bits per heavy atom. The lowest BCUT2D eigenvalue weighted by atomic mass is 10.2. The first-order chi connectivity index (χ1) is 10.3. The Morgan fingerprint density at radius 1 is 1.14 bits per heavy atom. The van der Waals surface area contributed by atoms with Gasteiger partial charge < -0.3 is 0 Å². The lowest BCUT2D eigenvalue weighted by Crippen LogP contribution is -1.99. The number of carbonyl (C=O) groups excluding carboxylic acids is 1. The van der Waals surface area contributed by atoms with Gasteiger partial charge in [0.25, 0.3) is 0 Å². The van der Waals surface area contributed by atoms with E-state index in [0.717, 1.165) is 24.0 Å². The zero-order chi connectivity index (χ0) is 14.7. The van der Waals surface area contributed by atoms with Crippen LogP contribution in [0.15, 0.2) is 48.9 Å². The average molecular weight is 280 g/mol. The van der Waals surface area contributed by atoms with Gasteiger partial charge in [0, 0.05) is 24.5 Å². The molecule has 1 aromatic carbocycles. The number of hydrogen-bond acceptors (Lipinski definition) is 3. The Morgan fingerprint density at radius 2 is 1.95 bits per heavy atom. The summed E-state index contributed by atoms with van der Waals surface area (Å²) in [5.41, 5.74) is 3.28. The lowest BCUT2D eigenvalue weighted by molar-refractivity contribution is 0.112. The molecule has 0 radical (unpaired) electrons. The quantitative estimate of drug-likeness (QED) is 0.675. The summed E-state index contributed by atoms with van der Waals surface area (Å²) in [5.74, 6) is 0. The smallest absolute Gasteiger partial charge is 0.153 e. The molecule has 0 saturated carbocycles. The van der Waals surface area contributed by atoms with Crippen molar-refractivity contribution >= 4 is 6.29 Å². The molecular weight excluding hydrogens is 264 g/mol. The van der Waals surface area contributed by atoms with Crippen molar-refractivity contribution in [3.8, 4) is 11.3 Å². The van der Waals surface area contributed by atoms with E-state index in [1.54, 1.807) is 17.1 Å². The molecule has 2 heterocycles. The number of carbonyl (C=O) groups is 1. The van der Waals surface area contributed by atoms with Crippen molar-refractivity contribution in [1.82, 2.24) is 19.6 Å². The Balaban J connectivity index is 1.93. The molecule has 5 nitrogen and oxygen atoms in total. The molecule has 0 fully saturated rings. The third kappa shape index (κ3) is 2.76. The zero-order valence-corrected chi connectivity index (χ0v) is 11.8. The van der Waals surface area contributed by atoms with Gasteiger partial charge >= 0.3 is 0 Å². The van der Waals surface area contributed by atoms with Crippen molar-refractivity contribution in [3.05, 3.63) is 60.0 Å². The molecule has 0 atom stereocenters. The Bertz CT molecular complexity index is 743. The minimum atomic E-state index is 0.585. The highest BCUT2D eigenvalue weighted by atomic mass is 16.1. The highest BCUT2D eigenvalue weighted by Gasteiger charge is 2.12. The first kappa shape index (κ1) is 13.3. The van der Waals surface area contributed by atoms with Gasteiger partial charge in [-0.3, -0.25) is 14.2 Å². The summed E-state index contributed by atoms with van der Waals surface area (Å²) in [4.78, 5) is 11.3. The van der Waals surface area contributed by atoms with Crippen LogP contribution in [-0.2, 0) is 13.1 Å². The monoisotopic (exact) mass is 280 g/mol. The maximum atomic E-state index is 11.3. The summed E-state index contributed by atoms with van der Waals surface area (Å²) in [7, 11) is 0. The number of benzene rings is 1. The van der Waals surface area contributed by atoms with Gasteiger partial charge in [-0.15, -0.1) is 0 Å². The molecular formula is C16H16N4O. The molecule has 0 N–H and O–H groups in total. The summed E-state index contributed by atoms with van der Waals surface area (Å²) >= 11 is 0. The molecule has 0 spiro atoms. The summed E-state index contributed by atoms with van der Waals surface area (Å²) in [6, 6.07) is 10.0. The van der Waals surface area contributed by atoms with Crippen LogP contribution in [0.5, 0.6) is 0 Å². The SMILES string of the molecule is CCn1cc(-c2nn(Cc3ccccc3)cc2C=O)cn1. The Kier molecular flexibility index (Phi) is 3.64. The molecule has 3 aromatic rings. The fourth-order valence-corrected chi connectivity index (χ4v) is 2.26. The first-order valence-corrected chi connectivity index (χ1v) is 6.89. The van der Waals surface area contributed by atoms with Crippen molar-refractivity contribution in [2.75, 3.05) is 0 Å². The topological polar surface area (TPSA) is 52.7 Å². The fourth-order valence-electron chi connectivity index (χ4n) is 2.26. The second-order valence-corrected chi connectivity index (χ2v) is 4.82. The van der Waals surface area contributed by atoms with Crippen LogP contribution in [0.1, 0.15) is 22.8 Å². The van der Waals surface area contributed by atoms with Gasteiger partial charge in [0.1, 0.15) is 5.69 Å². The van der Waals surface area contributed by atoms with E-state index >= 15 is 0 Å². The van der Waals surface area contributed by atoms with Crippen LogP contribution < -0.4 is 0 Å². The summed E-state index contributed by atoms with van der Waals surface area (Å²) in [6.07, 6.45) is 6.26. The van der Waals surface area contributed by atoms with Gasteiger partial charge in [0.15, 0.2) is 6.29 Å². The molecule has 0 aliphatic carbocycles. The van der Waals surface area contributed by atoms with Crippen LogP contribution in [0.2, 0.25) is 0 Å². The molecule has 2 aromatic heterocycles. The van der Waals surface area contributed by atoms with E-state index in [4.69, 9.17) is 0 Å². The lowest BCUT2D eigenvalue weighted by Gasteiger charge is -2.00. The molecule has 106 valence electrons. The van der Waals surface area contributed by atoms with E-state index in [0.29, 0.717) is 17.8 Å².